The molecule has 8 heteroatoms. The molecule has 1 N–H and O–H groups in total. The van der Waals surface area contributed by atoms with E-state index in [0.29, 0.717) is 13.1 Å². The summed E-state index contributed by atoms with van der Waals surface area (Å²) in [6.45, 7) is 1.15. The molecule has 0 saturated carbocycles. The van der Waals surface area contributed by atoms with Gasteiger partial charge in [0, 0.05) is 24.7 Å². The molecule has 0 radical (unpaired) electrons. The number of likely N-dealkylation sites (N-methyl/N-ethyl adjacent to an activating group) is 1. The van der Waals surface area contributed by atoms with Crippen molar-refractivity contribution in [2.45, 2.75) is 18.8 Å². The van der Waals surface area contributed by atoms with Crippen LogP contribution in [0.2, 0.25) is 0 Å². The number of halogens is 4. The Morgan fingerprint density at radius 1 is 1.43 bits per heavy atom. The maximum atomic E-state index is 12.2. The molecule has 0 spiro atoms. The third-order valence-electron chi connectivity index (χ3n) is 3.20. The van der Waals surface area contributed by atoms with Crippen molar-refractivity contribution in [2.24, 2.45) is 0 Å². The minimum Gasteiger partial charge on any atom is -0.406 e. The smallest absolute Gasteiger partial charge is 0.406 e. The first-order chi connectivity index (χ1) is 9.39. The largest absolute Gasteiger partial charge is 0.573 e. The molecule has 2 rings (SSSR count). The molecule has 1 aliphatic rings. The van der Waals surface area contributed by atoms with E-state index in [4.69, 9.17) is 0 Å². The Kier molecular flexibility index (Phi) is 5.86. The minimum atomic E-state index is -4.76. The van der Waals surface area contributed by atoms with Gasteiger partial charge in [-0.25, -0.2) is 0 Å². The highest BCUT2D eigenvalue weighted by Gasteiger charge is 2.31. The summed E-state index contributed by atoms with van der Waals surface area (Å²) in [7, 11) is 1.82. The molecule has 1 amide bonds. The van der Waals surface area contributed by atoms with E-state index in [1.807, 2.05) is 7.05 Å². The van der Waals surface area contributed by atoms with Crippen LogP contribution >= 0.6 is 12.4 Å². The van der Waals surface area contributed by atoms with Gasteiger partial charge in [-0.2, -0.15) is 0 Å². The summed E-state index contributed by atoms with van der Waals surface area (Å²) in [6.07, 6.45) is -3.92. The first kappa shape index (κ1) is 17.6. The highest BCUT2D eigenvalue weighted by molar-refractivity contribution is 5.94. The summed E-state index contributed by atoms with van der Waals surface area (Å²) >= 11 is 0. The number of likely N-dealkylation sites (tertiary alicyclic amines) is 1. The van der Waals surface area contributed by atoms with Gasteiger partial charge in [0.1, 0.15) is 5.75 Å². The Bertz CT molecular complexity index is 497. The summed E-state index contributed by atoms with van der Waals surface area (Å²) in [4.78, 5) is 13.8. The quantitative estimate of drug-likeness (QED) is 0.928. The summed E-state index contributed by atoms with van der Waals surface area (Å²) < 4.78 is 40.3. The fourth-order valence-corrected chi connectivity index (χ4v) is 2.19. The van der Waals surface area contributed by atoms with Gasteiger partial charge in [-0.05, 0) is 31.7 Å². The minimum absolute atomic E-state index is 0. The number of nitrogens with zero attached hydrogens (tertiary/aromatic N) is 1. The van der Waals surface area contributed by atoms with Crippen LogP contribution in [0, 0.1) is 0 Å². The molecule has 0 aromatic heterocycles. The Balaban J connectivity index is 0.00000220. The van der Waals surface area contributed by atoms with E-state index in [2.05, 4.69) is 10.1 Å². The molecule has 0 unspecified atom stereocenters. The predicted molar refractivity (Wildman–Crippen MR) is 73.7 cm³/mol. The highest BCUT2D eigenvalue weighted by Crippen LogP contribution is 2.24. The predicted octanol–water partition coefficient (Wildman–Crippen LogP) is 2.44. The van der Waals surface area contributed by atoms with Crippen LogP contribution in [0.5, 0.6) is 5.75 Å². The Morgan fingerprint density at radius 2 is 2.14 bits per heavy atom. The van der Waals surface area contributed by atoms with Crippen molar-refractivity contribution in [3.63, 3.8) is 0 Å². The van der Waals surface area contributed by atoms with Crippen molar-refractivity contribution < 1.29 is 22.7 Å². The van der Waals surface area contributed by atoms with E-state index in [9.17, 15) is 18.0 Å². The Morgan fingerprint density at radius 3 is 2.71 bits per heavy atom. The average molecular weight is 325 g/mol. The van der Waals surface area contributed by atoms with Gasteiger partial charge in [-0.15, -0.1) is 25.6 Å². The van der Waals surface area contributed by atoms with Crippen molar-refractivity contribution in [1.82, 2.24) is 10.2 Å². The van der Waals surface area contributed by atoms with Crippen LogP contribution in [-0.4, -0.2) is 43.3 Å². The number of hydrogen-bond donors (Lipinski definition) is 1. The van der Waals surface area contributed by atoms with Gasteiger partial charge in [0.2, 0.25) is 0 Å². The van der Waals surface area contributed by atoms with E-state index in [0.717, 1.165) is 12.5 Å². The second kappa shape index (κ2) is 7.00. The molecular weight excluding hydrogens is 309 g/mol. The monoisotopic (exact) mass is 324 g/mol. The average Bonchev–Trinajstić information content (AvgIpc) is 2.85. The van der Waals surface area contributed by atoms with Crippen molar-refractivity contribution in [3.8, 4) is 5.75 Å². The van der Waals surface area contributed by atoms with Crippen LogP contribution in [0.25, 0.3) is 0 Å². The molecule has 1 fully saturated rings. The van der Waals surface area contributed by atoms with E-state index >= 15 is 0 Å². The van der Waals surface area contributed by atoms with Crippen LogP contribution in [0.15, 0.2) is 24.3 Å². The lowest BCUT2D eigenvalue weighted by atomic mass is 10.2. The molecule has 1 aliphatic heterocycles. The summed E-state index contributed by atoms with van der Waals surface area (Å²) in [5, 5.41) is 3.08. The van der Waals surface area contributed by atoms with Crippen LogP contribution in [0.1, 0.15) is 16.8 Å². The molecule has 1 aromatic carbocycles. The molecule has 21 heavy (non-hydrogen) atoms. The maximum Gasteiger partial charge on any atom is 0.573 e. The normalized spacial score (nSPS) is 18.3. The molecule has 1 atom stereocenters. The molecule has 1 heterocycles. The number of hydrogen-bond acceptors (Lipinski definition) is 3. The Labute approximate surface area is 126 Å². The number of carbonyl (C=O) groups excluding carboxylic acids is 1. The lowest BCUT2D eigenvalue weighted by molar-refractivity contribution is -0.274. The third-order valence-corrected chi connectivity index (χ3v) is 3.20. The SMILES string of the molecule is CN[C@H]1CCN(C(=O)c2cccc(OC(F)(F)F)c2)C1.Cl. The summed E-state index contributed by atoms with van der Waals surface area (Å²) in [6, 6.07) is 5.37. The molecule has 0 aliphatic carbocycles. The molecule has 4 nitrogen and oxygen atoms in total. The fraction of sp³-hybridized carbons (Fsp3) is 0.462. The van der Waals surface area contributed by atoms with Crippen molar-refractivity contribution in [2.75, 3.05) is 20.1 Å². The van der Waals surface area contributed by atoms with E-state index in [1.54, 1.807) is 4.90 Å². The van der Waals surface area contributed by atoms with Crippen molar-refractivity contribution in [1.29, 1.82) is 0 Å². The van der Waals surface area contributed by atoms with Crippen LogP contribution in [-0.2, 0) is 0 Å². The number of carbonyl (C=O) groups is 1. The second-order valence-electron chi connectivity index (χ2n) is 4.60. The van der Waals surface area contributed by atoms with E-state index in [-0.39, 0.29) is 35.7 Å². The zero-order chi connectivity index (χ0) is 14.8. The molecule has 1 saturated heterocycles. The fourth-order valence-electron chi connectivity index (χ4n) is 2.19. The zero-order valence-corrected chi connectivity index (χ0v) is 12.1. The first-order valence-electron chi connectivity index (χ1n) is 6.21. The molecule has 1 aromatic rings. The van der Waals surface area contributed by atoms with Gasteiger partial charge < -0.3 is 15.0 Å². The third kappa shape index (κ3) is 4.78. The Hall–Kier alpha value is -1.47. The first-order valence-corrected chi connectivity index (χ1v) is 6.21. The van der Waals surface area contributed by atoms with Gasteiger partial charge in [0.05, 0.1) is 0 Å². The zero-order valence-electron chi connectivity index (χ0n) is 11.3. The van der Waals surface area contributed by atoms with Gasteiger partial charge in [0.25, 0.3) is 5.91 Å². The van der Waals surface area contributed by atoms with Crippen LogP contribution in [0.3, 0.4) is 0 Å². The topological polar surface area (TPSA) is 41.6 Å². The van der Waals surface area contributed by atoms with Crippen molar-refractivity contribution >= 4 is 18.3 Å². The lowest BCUT2D eigenvalue weighted by Crippen LogP contribution is -2.33. The van der Waals surface area contributed by atoms with Crippen LogP contribution in [0.4, 0.5) is 13.2 Å². The maximum absolute atomic E-state index is 12.2. The van der Waals surface area contributed by atoms with Gasteiger partial charge in [-0.3, -0.25) is 4.79 Å². The van der Waals surface area contributed by atoms with E-state index < -0.39 is 6.36 Å². The number of amides is 1. The van der Waals surface area contributed by atoms with Gasteiger partial charge in [0.15, 0.2) is 0 Å². The number of nitrogens with one attached hydrogen (secondary N) is 1. The summed E-state index contributed by atoms with van der Waals surface area (Å²) in [5.41, 5.74) is 0.198. The standard InChI is InChI=1S/C13H15F3N2O2.ClH/c1-17-10-5-6-18(8-10)12(19)9-3-2-4-11(7-9)20-13(14,15)16;/h2-4,7,10,17H,5-6,8H2,1H3;1H/t10-;/m0./s1. The summed E-state index contributed by atoms with van der Waals surface area (Å²) in [5.74, 6) is -0.664. The number of rotatable bonds is 3. The molecule has 118 valence electrons. The van der Waals surface area contributed by atoms with E-state index in [1.165, 1.54) is 18.2 Å². The van der Waals surface area contributed by atoms with Crippen LogP contribution < -0.4 is 10.1 Å². The highest BCUT2D eigenvalue weighted by atomic mass is 35.5. The number of ether oxygens (including phenoxy) is 1. The van der Waals surface area contributed by atoms with Gasteiger partial charge in [-0.1, -0.05) is 6.07 Å². The lowest BCUT2D eigenvalue weighted by Gasteiger charge is -2.17. The van der Waals surface area contributed by atoms with Gasteiger partial charge >= 0.3 is 6.36 Å². The van der Waals surface area contributed by atoms with Crippen molar-refractivity contribution in [3.05, 3.63) is 29.8 Å². The number of alkyl halides is 3. The number of benzene rings is 1. The molecular formula is C13H16ClF3N2O2. The molecule has 0 bridgehead atoms. The second-order valence-corrected chi connectivity index (χ2v) is 4.60.